The van der Waals surface area contributed by atoms with Crippen molar-refractivity contribution in [3.05, 3.63) is 72.3 Å². The van der Waals surface area contributed by atoms with Gasteiger partial charge < -0.3 is 9.47 Å². The molecule has 0 unspecified atom stereocenters. The molecule has 0 spiro atoms. The summed E-state index contributed by atoms with van der Waals surface area (Å²) in [7, 11) is 0. The van der Waals surface area contributed by atoms with Gasteiger partial charge in [-0.1, -0.05) is 12.1 Å². The third-order valence-electron chi connectivity index (χ3n) is 3.24. The van der Waals surface area contributed by atoms with E-state index in [2.05, 4.69) is 15.3 Å². The minimum atomic E-state index is 0.488. The van der Waals surface area contributed by atoms with Crippen LogP contribution in [0.15, 0.2) is 66.3 Å². The SMILES string of the molecule is Cc1cccc(OCCOc2ccc(/C=N/n3cnnc3)cc2)c1. The Morgan fingerprint density at radius 1 is 0.958 bits per heavy atom. The summed E-state index contributed by atoms with van der Waals surface area (Å²) in [4.78, 5) is 0. The van der Waals surface area contributed by atoms with Crippen molar-refractivity contribution >= 4 is 6.21 Å². The highest BCUT2D eigenvalue weighted by Crippen LogP contribution is 2.13. The van der Waals surface area contributed by atoms with Crippen molar-refractivity contribution in [2.24, 2.45) is 5.10 Å². The zero-order valence-corrected chi connectivity index (χ0v) is 13.4. The monoisotopic (exact) mass is 322 g/mol. The van der Waals surface area contributed by atoms with Crippen LogP contribution in [0.25, 0.3) is 0 Å². The molecular weight excluding hydrogens is 304 g/mol. The summed E-state index contributed by atoms with van der Waals surface area (Å²) in [6, 6.07) is 15.6. The van der Waals surface area contributed by atoms with E-state index in [9.17, 15) is 0 Å². The molecule has 1 heterocycles. The van der Waals surface area contributed by atoms with Gasteiger partial charge in [-0.2, -0.15) is 5.10 Å². The van der Waals surface area contributed by atoms with Gasteiger partial charge in [-0.05, 0) is 54.4 Å². The first kappa shape index (κ1) is 15.7. The van der Waals surface area contributed by atoms with Crippen LogP contribution in [0.5, 0.6) is 11.5 Å². The number of nitrogens with zero attached hydrogens (tertiary/aromatic N) is 4. The second-order valence-corrected chi connectivity index (χ2v) is 5.17. The number of ether oxygens (including phenoxy) is 2. The third kappa shape index (κ3) is 4.67. The molecule has 0 radical (unpaired) electrons. The van der Waals surface area contributed by atoms with Crippen LogP contribution in [0, 0.1) is 6.92 Å². The molecule has 0 N–H and O–H groups in total. The molecule has 0 saturated heterocycles. The first-order valence-electron chi connectivity index (χ1n) is 7.61. The van der Waals surface area contributed by atoms with Crippen LogP contribution in [0.3, 0.4) is 0 Å². The van der Waals surface area contributed by atoms with Gasteiger partial charge >= 0.3 is 0 Å². The minimum Gasteiger partial charge on any atom is -0.490 e. The molecule has 0 aliphatic rings. The van der Waals surface area contributed by atoms with E-state index in [0.29, 0.717) is 13.2 Å². The minimum absolute atomic E-state index is 0.488. The van der Waals surface area contributed by atoms with E-state index in [-0.39, 0.29) is 0 Å². The van der Waals surface area contributed by atoms with Crippen LogP contribution in [0.4, 0.5) is 0 Å². The molecule has 24 heavy (non-hydrogen) atoms. The molecule has 122 valence electrons. The Bertz CT molecular complexity index is 783. The highest BCUT2D eigenvalue weighted by atomic mass is 16.5. The van der Waals surface area contributed by atoms with Gasteiger partial charge in [0.1, 0.15) is 37.4 Å². The van der Waals surface area contributed by atoms with Gasteiger partial charge in [0.15, 0.2) is 0 Å². The lowest BCUT2D eigenvalue weighted by molar-refractivity contribution is 0.217. The highest BCUT2D eigenvalue weighted by molar-refractivity contribution is 5.79. The Balaban J connectivity index is 1.44. The van der Waals surface area contributed by atoms with Gasteiger partial charge in [-0.25, -0.2) is 4.68 Å². The Morgan fingerprint density at radius 2 is 1.67 bits per heavy atom. The van der Waals surface area contributed by atoms with E-state index in [1.165, 1.54) is 22.9 Å². The summed E-state index contributed by atoms with van der Waals surface area (Å²) in [5, 5.41) is 11.6. The zero-order valence-electron chi connectivity index (χ0n) is 13.4. The molecule has 3 rings (SSSR count). The van der Waals surface area contributed by atoms with E-state index >= 15 is 0 Å². The van der Waals surface area contributed by atoms with Gasteiger partial charge in [0.2, 0.25) is 0 Å². The standard InChI is InChI=1S/C18H18N4O2/c1-15-3-2-4-18(11-15)24-10-9-23-17-7-5-16(6-8-17)12-21-22-13-19-20-14-22/h2-8,11-14H,9-10H2,1H3/b21-12+. The molecule has 0 saturated carbocycles. The van der Waals surface area contributed by atoms with Crippen LogP contribution in [0.2, 0.25) is 0 Å². The highest BCUT2D eigenvalue weighted by Gasteiger charge is 1.97. The number of aromatic nitrogens is 3. The average Bonchev–Trinajstić information content (AvgIpc) is 3.12. The Labute approximate surface area is 140 Å². The second kappa shape index (κ2) is 7.92. The Morgan fingerprint density at radius 3 is 2.38 bits per heavy atom. The lowest BCUT2D eigenvalue weighted by Crippen LogP contribution is -2.09. The maximum absolute atomic E-state index is 5.67. The zero-order chi connectivity index (χ0) is 16.6. The van der Waals surface area contributed by atoms with Crippen molar-refractivity contribution in [2.75, 3.05) is 13.2 Å². The van der Waals surface area contributed by atoms with Gasteiger partial charge in [-0.3, -0.25) is 0 Å². The fraction of sp³-hybridized carbons (Fsp3) is 0.167. The summed E-state index contributed by atoms with van der Waals surface area (Å²) in [5.41, 5.74) is 2.14. The maximum atomic E-state index is 5.67. The number of hydrogen-bond donors (Lipinski definition) is 0. The number of rotatable bonds is 7. The molecule has 2 aromatic carbocycles. The summed E-state index contributed by atoms with van der Waals surface area (Å²) in [6.45, 7) is 3.03. The lowest BCUT2D eigenvalue weighted by Gasteiger charge is -2.09. The van der Waals surface area contributed by atoms with Crippen LogP contribution in [0.1, 0.15) is 11.1 Å². The van der Waals surface area contributed by atoms with E-state index < -0.39 is 0 Å². The van der Waals surface area contributed by atoms with Crippen molar-refractivity contribution in [2.45, 2.75) is 6.92 Å². The maximum Gasteiger partial charge on any atom is 0.141 e. The van der Waals surface area contributed by atoms with Crippen molar-refractivity contribution < 1.29 is 9.47 Å². The Kier molecular flexibility index (Phi) is 5.19. The Hall–Kier alpha value is -3.15. The van der Waals surface area contributed by atoms with Crippen molar-refractivity contribution in [3.8, 4) is 11.5 Å². The van der Waals surface area contributed by atoms with Crippen LogP contribution in [-0.4, -0.2) is 34.3 Å². The first-order chi connectivity index (χ1) is 11.8. The van der Waals surface area contributed by atoms with E-state index in [1.54, 1.807) is 6.21 Å². The van der Waals surface area contributed by atoms with E-state index in [0.717, 1.165) is 17.1 Å². The molecule has 0 aliphatic carbocycles. The third-order valence-corrected chi connectivity index (χ3v) is 3.24. The fourth-order valence-electron chi connectivity index (χ4n) is 2.06. The van der Waals surface area contributed by atoms with Crippen molar-refractivity contribution in [1.82, 2.24) is 14.9 Å². The second-order valence-electron chi connectivity index (χ2n) is 5.17. The van der Waals surface area contributed by atoms with Gasteiger partial charge in [0, 0.05) is 0 Å². The quantitative estimate of drug-likeness (QED) is 0.496. The number of aryl methyl sites for hydroxylation is 1. The van der Waals surface area contributed by atoms with E-state index in [1.807, 2.05) is 55.5 Å². The summed E-state index contributed by atoms with van der Waals surface area (Å²) >= 11 is 0. The molecule has 6 heteroatoms. The van der Waals surface area contributed by atoms with Gasteiger partial charge in [0.05, 0.1) is 6.21 Å². The fourth-order valence-corrected chi connectivity index (χ4v) is 2.06. The molecule has 0 atom stereocenters. The summed E-state index contributed by atoms with van der Waals surface area (Å²) in [6.07, 6.45) is 4.79. The van der Waals surface area contributed by atoms with Crippen LogP contribution >= 0.6 is 0 Å². The average molecular weight is 322 g/mol. The predicted molar refractivity (Wildman–Crippen MR) is 91.6 cm³/mol. The molecule has 1 aromatic heterocycles. The predicted octanol–water partition coefficient (Wildman–Crippen LogP) is 2.93. The largest absolute Gasteiger partial charge is 0.490 e. The van der Waals surface area contributed by atoms with Gasteiger partial charge in [0.25, 0.3) is 0 Å². The molecule has 0 amide bonds. The molecule has 6 nitrogen and oxygen atoms in total. The lowest BCUT2D eigenvalue weighted by atomic mass is 10.2. The summed E-state index contributed by atoms with van der Waals surface area (Å²) in [5.74, 6) is 1.66. The molecule has 0 aliphatic heterocycles. The van der Waals surface area contributed by atoms with Crippen molar-refractivity contribution in [3.63, 3.8) is 0 Å². The molecule has 0 fully saturated rings. The smallest absolute Gasteiger partial charge is 0.141 e. The first-order valence-corrected chi connectivity index (χ1v) is 7.61. The molecular formula is C18H18N4O2. The van der Waals surface area contributed by atoms with Crippen molar-refractivity contribution in [1.29, 1.82) is 0 Å². The molecule has 0 bridgehead atoms. The summed E-state index contributed by atoms with van der Waals surface area (Å²) < 4.78 is 12.9. The van der Waals surface area contributed by atoms with Crippen LogP contribution in [-0.2, 0) is 0 Å². The number of benzene rings is 2. The van der Waals surface area contributed by atoms with Crippen LogP contribution < -0.4 is 9.47 Å². The van der Waals surface area contributed by atoms with E-state index in [4.69, 9.17) is 9.47 Å². The number of hydrogen-bond acceptors (Lipinski definition) is 5. The normalized spacial score (nSPS) is 10.9. The topological polar surface area (TPSA) is 61.5 Å². The molecule has 3 aromatic rings. The van der Waals surface area contributed by atoms with Gasteiger partial charge in [-0.15, -0.1) is 10.2 Å².